The molecule has 3 heterocycles. The number of alkyl halides is 3. The molecule has 45 heavy (non-hydrogen) atoms. The standard InChI is InChI=1S/C30H23F3N4O8/c1-16-12-18(13-23-27(38)35(29(40)34-23)15-22-9-11-26(45-22)28(39)43-3)17(2)36(16)20-5-7-21(8-6-20)44-25-10-4-19(30(31,32)33)14-24(25)37(41)42/h4-14H,15H2,1-3H3,(H,34,40)/b23-13-. The maximum absolute atomic E-state index is 13.0. The van der Waals surface area contributed by atoms with Crippen LogP contribution < -0.4 is 10.1 Å². The Labute approximate surface area is 252 Å². The average Bonchev–Trinajstić information content (AvgIpc) is 3.65. The minimum Gasteiger partial charge on any atom is -0.463 e. The van der Waals surface area contributed by atoms with Crippen molar-refractivity contribution in [3.8, 4) is 17.2 Å². The zero-order valence-electron chi connectivity index (χ0n) is 23.8. The molecule has 4 aromatic rings. The highest BCUT2D eigenvalue weighted by Gasteiger charge is 2.35. The van der Waals surface area contributed by atoms with E-state index in [9.17, 15) is 37.7 Å². The van der Waals surface area contributed by atoms with E-state index in [1.54, 1.807) is 25.1 Å². The Morgan fingerprint density at radius 3 is 2.42 bits per heavy atom. The van der Waals surface area contributed by atoms with Crippen LogP contribution in [0.5, 0.6) is 11.5 Å². The fourth-order valence-electron chi connectivity index (χ4n) is 4.74. The number of aromatic nitrogens is 1. The van der Waals surface area contributed by atoms with Gasteiger partial charge in [-0.25, -0.2) is 9.59 Å². The van der Waals surface area contributed by atoms with E-state index < -0.39 is 40.3 Å². The van der Waals surface area contributed by atoms with E-state index in [0.29, 0.717) is 29.1 Å². The number of rotatable bonds is 8. The van der Waals surface area contributed by atoms with Gasteiger partial charge in [-0.05, 0) is 80.1 Å². The summed E-state index contributed by atoms with van der Waals surface area (Å²) in [5, 5.41) is 13.9. The molecule has 0 aliphatic carbocycles. The van der Waals surface area contributed by atoms with Gasteiger partial charge < -0.3 is 23.8 Å². The number of esters is 1. The first-order valence-corrected chi connectivity index (χ1v) is 13.1. The van der Waals surface area contributed by atoms with Crippen LogP contribution in [0.4, 0.5) is 23.7 Å². The molecule has 2 aromatic heterocycles. The number of nitrogens with zero attached hydrogens (tertiary/aromatic N) is 3. The monoisotopic (exact) mass is 624 g/mol. The molecule has 0 saturated carbocycles. The fraction of sp³-hybridized carbons (Fsp3) is 0.167. The maximum atomic E-state index is 13.0. The summed E-state index contributed by atoms with van der Waals surface area (Å²) in [6, 6.07) is 12.3. The summed E-state index contributed by atoms with van der Waals surface area (Å²) in [6.45, 7) is 3.41. The second-order valence-corrected chi connectivity index (χ2v) is 9.83. The van der Waals surface area contributed by atoms with Crippen molar-refractivity contribution in [3.05, 3.63) is 111 Å². The number of hydrogen-bond donors (Lipinski definition) is 1. The molecule has 0 atom stereocenters. The minimum atomic E-state index is -4.75. The maximum Gasteiger partial charge on any atom is 0.416 e. The highest BCUT2D eigenvalue weighted by Crippen LogP contribution is 2.38. The van der Waals surface area contributed by atoms with Crippen LogP contribution in [0.25, 0.3) is 11.8 Å². The van der Waals surface area contributed by atoms with Crippen molar-refractivity contribution in [1.82, 2.24) is 14.8 Å². The summed E-state index contributed by atoms with van der Waals surface area (Å²) >= 11 is 0. The molecule has 1 N–H and O–H groups in total. The number of nitrogens with one attached hydrogen (secondary N) is 1. The van der Waals surface area contributed by atoms with E-state index in [4.69, 9.17) is 9.15 Å². The molecule has 0 spiro atoms. The Morgan fingerprint density at radius 1 is 1.07 bits per heavy atom. The van der Waals surface area contributed by atoms with Crippen LogP contribution >= 0.6 is 0 Å². The Balaban J connectivity index is 1.34. The number of nitro groups is 1. The van der Waals surface area contributed by atoms with Crippen LogP contribution in [0.2, 0.25) is 0 Å². The predicted octanol–water partition coefficient (Wildman–Crippen LogP) is 6.29. The molecule has 1 fully saturated rings. The smallest absolute Gasteiger partial charge is 0.416 e. The summed E-state index contributed by atoms with van der Waals surface area (Å²) in [6.07, 6.45) is -3.22. The van der Waals surface area contributed by atoms with Gasteiger partial charge in [0.05, 0.1) is 24.1 Å². The molecule has 3 amide bonds. The number of hydrogen-bond acceptors (Lipinski definition) is 8. The van der Waals surface area contributed by atoms with Crippen LogP contribution in [0.3, 0.4) is 0 Å². The van der Waals surface area contributed by atoms with Crippen molar-refractivity contribution >= 4 is 29.7 Å². The number of carbonyl (C=O) groups is 3. The average molecular weight is 625 g/mol. The third-order valence-electron chi connectivity index (χ3n) is 6.90. The zero-order chi connectivity index (χ0) is 32.6. The molecule has 0 radical (unpaired) electrons. The number of imide groups is 1. The Hall–Kier alpha value is -5.86. The quantitative estimate of drug-likeness (QED) is 0.0792. The van der Waals surface area contributed by atoms with E-state index in [0.717, 1.165) is 16.7 Å². The molecule has 12 nitrogen and oxygen atoms in total. The molecule has 5 rings (SSSR count). The highest BCUT2D eigenvalue weighted by atomic mass is 19.4. The van der Waals surface area contributed by atoms with Crippen LogP contribution in [0.15, 0.2) is 70.8 Å². The molecule has 2 aromatic carbocycles. The molecule has 0 unspecified atom stereocenters. The molecule has 232 valence electrons. The van der Waals surface area contributed by atoms with Crippen LogP contribution in [-0.2, 0) is 22.3 Å². The summed E-state index contributed by atoms with van der Waals surface area (Å²) in [7, 11) is 1.20. The first-order valence-electron chi connectivity index (χ1n) is 13.1. The number of halogens is 3. The number of aryl methyl sites for hydroxylation is 1. The van der Waals surface area contributed by atoms with E-state index in [1.165, 1.54) is 37.5 Å². The third-order valence-corrected chi connectivity index (χ3v) is 6.90. The second-order valence-electron chi connectivity index (χ2n) is 9.83. The van der Waals surface area contributed by atoms with Crippen LogP contribution in [0.1, 0.15) is 38.8 Å². The number of benzene rings is 2. The molecule has 1 saturated heterocycles. The molecule has 1 aliphatic rings. The van der Waals surface area contributed by atoms with Gasteiger partial charge in [-0.1, -0.05) is 0 Å². The molecule has 15 heteroatoms. The number of urea groups is 1. The lowest BCUT2D eigenvalue weighted by Crippen LogP contribution is -2.30. The van der Waals surface area contributed by atoms with Gasteiger partial charge in [0.1, 0.15) is 17.2 Å². The van der Waals surface area contributed by atoms with Crippen molar-refractivity contribution in [1.29, 1.82) is 0 Å². The predicted molar refractivity (Wildman–Crippen MR) is 151 cm³/mol. The van der Waals surface area contributed by atoms with Crippen LogP contribution in [-0.4, -0.2) is 39.4 Å². The molecule has 0 bridgehead atoms. The topological polar surface area (TPSA) is 146 Å². The molecular formula is C30H23F3N4O8. The number of amides is 3. The van der Waals surface area contributed by atoms with Crippen LogP contribution in [0, 0.1) is 24.0 Å². The largest absolute Gasteiger partial charge is 0.463 e. The van der Waals surface area contributed by atoms with Gasteiger partial charge in [-0.2, -0.15) is 13.2 Å². The van der Waals surface area contributed by atoms with Gasteiger partial charge in [0.2, 0.25) is 11.5 Å². The lowest BCUT2D eigenvalue weighted by atomic mass is 10.2. The van der Waals surface area contributed by atoms with E-state index in [-0.39, 0.29) is 35.3 Å². The minimum absolute atomic E-state index is 0.0295. The Bertz CT molecular complexity index is 1870. The van der Waals surface area contributed by atoms with Gasteiger partial charge in [-0.3, -0.25) is 19.8 Å². The number of nitro benzene ring substituents is 1. The summed E-state index contributed by atoms with van der Waals surface area (Å²) in [5.74, 6) is -1.35. The zero-order valence-corrected chi connectivity index (χ0v) is 23.8. The van der Waals surface area contributed by atoms with Crippen molar-refractivity contribution < 1.29 is 46.4 Å². The summed E-state index contributed by atoms with van der Waals surface area (Å²) in [5.41, 5.74) is 0.802. The van der Waals surface area contributed by atoms with Gasteiger partial charge in [-0.15, -0.1) is 0 Å². The van der Waals surface area contributed by atoms with Crippen molar-refractivity contribution in [2.45, 2.75) is 26.6 Å². The number of methoxy groups -OCH3 is 1. The van der Waals surface area contributed by atoms with Gasteiger partial charge >= 0.3 is 23.9 Å². The third kappa shape index (κ3) is 6.13. The first kappa shape index (κ1) is 30.6. The van der Waals surface area contributed by atoms with Gasteiger partial charge in [0, 0.05) is 23.1 Å². The number of furan rings is 1. The SMILES string of the molecule is COC(=O)c1ccc(CN2C(=O)N/C(=C\c3cc(C)n(-c4ccc(Oc5ccc(C(F)(F)F)cc5[N+](=O)[O-])cc4)c3C)C2=O)o1. The Morgan fingerprint density at radius 2 is 1.78 bits per heavy atom. The van der Waals surface area contributed by atoms with Crippen molar-refractivity contribution in [2.75, 3.05) is 7.11 Å². The van der Waals surface area contributed by atoms with Crippen molar-refractivity contribution in [3.63, 3.8) is 0 Å². The highest BCUT2D eigenvalue weighted by molar-refractivity contribution is 6.14. The van der Waals surface area contributed by atoms with E-state index in [2.05, 4.69) is 10.1 Å². The normalized spacial score (nSPS) is 14.2. The Kier molecular flexibility index (Phi) is 7.93. The van der Waals surface area contributed by atoms with Gasteiger partial charge in [0.15, 0.2) is 0 Å². The molecule has 1 aliphatic heterocycles. The summed E-state index contributed by atoms with van der Waals surface area (Å²) in [4.78, 5) is 48.6. The van der Waals surface area contributed by atoms with Gasteiger partial charge in [0.25, 0.3) is 5.91 Å². The first-order chi connectivity index (χ1) is 21.3. The van der Waals surface area contributed by atoms with Crippen molar-refractivity contribution in [2.24, 2.45) is 0 Å². The molecular weight excluding hydrogens is 601 g/mol. The fourth-order valence-corrected chi connectivity index (χ4v) is 4.74. The lowest BCUT2D eigenvalue weighted by Gasteiger charge is -2.12. The number of ether oxygens (including phenoxy) is 2. The van der Waals surface area contributed by atoms with E-state index in [1.807, 2.05) is 11.5 Å². The van der Waals surface area contributed by atoms with E-state index >= 15 is 0 Å². The summed E-state index contributed by atoms with van der Waals surface area (Å²) < 4.78 is 56.4. The number of carbonyl (C=O) groups excluding carboxylic acids is 3. The second kappa shape index (κ2) is 11.7. The lowest BCUT2D eigenvalue weighted by molar-refractivity contribution is -0.385.